The van der Waals surface area contributed by atoms with Gasteiger partial charge >= 0.3 is 0 Å². The van der Waals surface area contributed by atoms with Gasteiger partial charge in [-0.05, 0) is 38.1 Å². The van der Waals surface area contributed by atoms with Crippen LogP contribution in [0.3, 0.4) is 0 Å². The SMILES string of the molecule is C[C@@H]1C[NH+](Cc2ccc(C(=O)Nc3ccccc3)cc2)C[C@@H](C)O1. The number of ether oxygens (including phenoxy) is 1. The average molecular weight is 325 g/mol. The Hall–Kier alpha value is -2.17. The van der Waals surface area contributed by atoms with E-state index in [2.05, 4.69) is 31.3 Å². The molecule has 4 heteroatoms. The number of hydrogen-bond acceptors (Lipinski definition) is 2. The van der Waals surface area contributed by atoms with E-state index in [1.54, 1.807) is 0 Å². The van der Waals surface area contributed by atoms with E-state index in [1.165, 1.54) is 10.5 Å². The van der Waals surface area contributed by atoms with Gasteiger partial charge in [-0.25, -0.2) is 0 Å². The number of hydrogen-bond donors (Lipinski definition) is 2. The van der Waals surface area contributed by atoms with Gasteiger partial charge < -0.3 is 15.0 Å². The molecule has 1 saturated heterocycles. The molecule has 24 heavy (non-hydrogen) atoms. The minimum atomic E-state index is -0.0753. The fraction of sp³-hybridized carbons (Fsp3) is 0.350. The van der Waals surface area contributed by atoms with Crippen LogP contribution >= 0.6 is 0 Å². The van der Waals surface area contributed by atoms with Crippen molar-refractivity contribution in [3.05, 3.63) is 65.7 Å². The third-order valence-corrected chi connectivity index (χ3v) is 4.32. The molecular formula is C20H25N2O2+. The fourth-order valence-corrected chi connectivity index (χ4v) is 3.32. The van der Waals surface area contributed by atoms with E-state index >= 15 is 0 Å². The van der Waals surface area contributed by atoms with Crippen LogP contribution in [0.2, 0.25) is 0 Å². The van der Waals surface area contributed by atoms with Crippen LogP contribution in [0.4, 0.5) is 5.69 Å². The number of rotatable bonds is 4. The molecule has 2 aromatic rings. The Morgan fingerprint density at radius 3 is 2.29 bits per heavy atom. The number of anilines is 1. The van der Waals surface area contributed by atoms with Crippen molar-refractivity contribution in [1.29, 1.82) is 0 Å². The van der Waals surface area contributed by atoms with Crippen molar-refractivity contribution in [3.8, 4) is 0 Å². The summed E-state index contributed by atoms with van der Waals surface area (Å²) < 4.78 is 5.79. The summed E-state index contributed by atoms with van der Waals surface area (Å²) in [5.41, 5.74) is 2.75. The number of nitrogens with one attached hydrogen (secondary N) is 2. The predicted octanol–water partition coefficient (Wildman–Crippen LogP) is 2.13. The maximum Gasteiger partial charge on any atom is 0.255 e. The Morgan fingerprint density at radius 2 is 1.67 bits per heavy atom. The molecule has 2 aromatic carbocycles. The summed E-state index contributed by atoms with van der Waals surface area (Å²) in [6, 6.07) is 17.4. The first-order valence-electron chi connectivity index (χ1n) is 8.54. The van der Waals surface area contributed by atoms with Crippen LogP contribution in [0.1, 0.15) is 29.8 Å². The Kier molecular flexibility index (Phi) is 5.28. The molecule has 0 bridgehead atoms. The van der Waals surface area contributed by atoms with Crippen molar-refractivity contribution < 1.29 is 14.4 Å². The average Bonchev–Trinajstić information content (AvgIpc) is 2.55. The van der Waals surface area contributed by atoms with E-state index in [1.807, 2.05) is 42.5 Å². The van der Waals surface area contributed by atoms with Crippen molar-refractivity contribution in [2.75, 3.05) is 18.4 Å². The summed E-state index contributed by atoms with van der Waals surface area (Å²) in [5.74, 6) is -0.0753. The normalized spacial score (nSPS) is 23.7. The van der Waals surface area contributed by atoms with E-state index in [-0.39, 0.29) is 5.91 Å². The highest BCUT2D eigenvalue weighted by Crippen LogP contribution is 2.10. The second-order valence-corrected chi connectivity index (χ2v) is 6.61. The fourth-order valence-electron chi connectivity index (χ4n) is 3.32. The maximum atomic E-state index is 12.3. The molecule has 4 nitrogen and oxygen atoms in total. The minimum absolute atomic E-state index is 0.0753. The lowest BCUT2D eigenvalue weighted by molar-refractivity contribution is -0.928. The van der Waals surface area contributed by atoms with Crippen molar-refractivity contribution in [1.82, 2.24) is 0 Å². The molecule has 1 heterocycles. The summed E-state index contributed by atoms with van der Waals surface area (Å²) in [7, 11) is 0. The van der Waals surface area contributed by atoms with Crippen LogP contribution in [0, 0.1) is 0 Å². The van der Waals surface area contributed by atoms with Crippen molar-refractivity contribution in [2.45, 2.75) is 32.6 Å². The molecule has 1 aliphatic heterocycles. The molecule has 126 valence electrons. The van der Waals surface area contributed by atoms with Crippen LogP contribution in [-0.2, 0) is 11.3 Å². The van der Waals surface area contributed by atoms with E-state index in [0.29, 0.717) is 17.8 Å². The Balaban J connectivity index is 1.60. The molecule has 3 rings (SSSR count). The quantitative estimate of drug-likeness (QED) is 0.904. The first-order chi connectivity index (χ1) is 11.6. The Labute approximate surface area is 143 Å². The number of morpholine rings is 1. The molecule has 0 spiro atoms. The molecule has 0 aromatic heterocycles. The lowest BCUT2D eigenvalue weighted by atomic mass is 10.1. The summed E-state index contributed by atoms with van der Waals surface area (Å²) in [4.78, 5) is 13.8. The number of carbonyl (C=O) groups is 1. The highest BCUT2D eigenvalue weighted by atomic mass is 16.5. The number of amides is 1. The standard InChI is InChI=1S/C20H24N2O2/c1-15-12-22(13-16(2)24-15)14-17-8-10-18(11-9-17)20(23)21-19-6-4-3-5-7-19/h3-11,15-16H,12-14H2,1-2H3,(H,21,23)/p+1/t15-,16-/m1/s1. The summed E-state index contributed by atoms with van der Waals surface area (Å²) in [6.07, 6.45) is 0.611. The van der Waals surface area contributed by atoms with Crippen LogP contribution in [-0.4, -0.2) is 31.2 Å². The van der Waals surface area contributed by atoms with Gasteiger partial charge in [-0.15, -0.1) is 0 Å². The van der Waals surface area contributed by atoms with E-state index in [0.717, 1.165) is 25.3 Å². The largest absolute Gasteiger partial charge is 0.364 e. The van der Waals surface area contributed by atoms with Crippen LogP contribution in [0.15, 0.2) is 54.6 Å². The predicted molar refractivity (Wildman–Crippen MR) is 95.2 cm³/mol. The summed E-state index contributed by atoms with van der Waals surface area (Å²) >= 11 is 0. The van der Waals surface area contributed by atoms with Gasteiger partial charge in [0.15, 0.2) is 0 Å². The van der Waals surface area contributed by atoms with Gasteiger partial charge in [0, 0.05) is 16.8 Å². The summed E-state index contributed by atoms with van der Waals surface area (Å²) in [6.45, 7) is 7.29. The zero-order valence-corrected chi connectivity index (χ0v) is 14.3. The molecule has 2 N–H and O–H groups in total. The third-order valence-electron chi connectivity index (χ3n) is 4.32. The van der Waals surface area contributed by atoms with Gasteiger partial charge in [0.25, 0.3) is 5.91 Å². The van der Waals surface area contributed by atoms with Gasteiger partial charge in [0.05, 0.1) is 0 Å². The molecule has 1 amide bonds. The second-order valence-electron chi connectivity index (χ2n) is 6.61. The first kappa shape index (κ1) is 16.7. The van der Waals surface area contributed by atoms with E-state index < -0.39 is 0 Å². The first-order valence-corrected chi connectivity index (χ1v) is 8.54. The highest BCUT2D eigenvalue weighted by molar-refractivity contribution is 6.04. The minimum Gasteiger partial charge on any atom is -0.364 e. The van der Waals surface area contributed by atoms with Gasteiger partial charge in [-0.3, -0.25) is 4.79 Å². The molecule has 2 atom stereocenters. The van der Waals surface area contributed by atoms with Crippen LogP contribution in [0.25, 0.3) is 0 Å². The van der Waals surface area contributed by atoms with Crippen LogP contribution < -0.4 is 10.2 Å². The van der Waals surface area contributed by atoms with E-state index in [4.69, 9.17) is 4.74 Å². The molecule has 0 saturated carbocycles. The third kappa shape index (κ3) is 4.43. The monoisotopic (exact) mass is 325 g/mol. The molecular weight excluding hydrogens is 300 g/mol. The second kappa shape index (κ2) is 7.60. The molecule has 1 aliphatic rings. The van der Waals surface area contributed by atoms with Crippen molar-refractivity contribution in [2.24, 2.45) is 0 Å². The lowest BCUT2D eigenvalue weighted by Gasteiger charge is -2.32. The maximum absolute atomic E-state index is 12.3. The lowest BCUT2D eigenvalue weighted by Crippen LogP contribution is -3.14. The number of benzene rings is 2. The van der Waals surface area contributed by atoms with Gasteiger partial charge in [0.2, 0.25) is 0 Å². The Morgan fingerprint density at radius 1 is 1.04 bits per heavy atom. The zero-order valence-electron chi connectivity index (χ0n) is 14.3. The van der Waals surface area contributed by atoms with Gasteiger partial charge in [0.1, 0.15) is 31.8 Å². The number of quaternary nitrogens is 1. The van der Waals surface area contributed by atoms with Crippen molar-refractivity contribution in [3.63, 3.8) is 0 Å². The zero-order chi connectivity index (χ0) is 16.9. The van der Waals surface area contributed by atoms with E-state index in [9.17, 15) is 4.79 Å². The molecule has 0 aliphatic carbocycles. The topological polar surface area (TPSA) is 42.8 Å². The van der Waals surface area contributed by atoms with Crippen LogP contribution in [0.5, 0.6) is 0 Å². The highest BCUT2D eigenvalue weighted by Gasteiger charge is 2.25. The van der Waals surface area contributed by atoms with Gasteiger partial charge in [-0.2, -0.15) is 0 Å². The molecule has 0 unspecified atom stereocenters. The smallest absolute Gasteiger partial charge is 0.255 e. The molecule has 1 fully saturated rings. The number of carbonyl (C=O) groups excluding carboxylic acids is 1. The molecule has 0 radical (unpaired) electrons. The number of para-hydroxylation sites is 1. The Bertz CT molecular complexity index is 660. The van der Waals surface area contributed by atoms with Crippen molar-refractivity contribution >= 4 is 11.6 Å². The van der Waals surface area contributed by atoms with Gasteiger partial charge in [-0.1, -0.05) is 30.3 Å². The summed E-state index contributed by atoms with van der Waals surface area (Å²) in [5, 5.41) is 2.91.